The predicted molar refractivity (Wildman–Crippen MR) is 66.7 cm³/mol. The number of ketones is 1. The number of anilines is 1. The molecule has 1 aromatic carbocycles. The minimum absolute atomic E-state index is 0.00228. The van der Waals surface area contributed by atoms with E-state index in [0.29, 0.717) is 24.1 Å². The number of amides is 1. The Kier molecular flexibility index (Phi) is 5.05. The second kappa shape index (κ2) is 6.54. The van der Waals surface area contributed by atoms with Crippen LogP contribution in [0.15, 0.2) is 24.3 Å². The highest BCUT2D eigenvalue weighted by atomic mass is 16.4. The number of carbonyl (C=O) groups excluding carboxylic acids is 2. The Bertz CT molecular complexity index is 439. The molecule has 0 aliphatic carbocycles. The molecular weight excluding hydrogens is 234 g/mol. The molecule has 0 fully saturated rings. The van der Waals surface area contributed by atoms with Crippen molar-refractivity contribution in [2.24, 2.45) is 0 Å². The maximum absolute atomic E-state index is 11.7. The normalized spacial score (nSPS) is 9.83. The quantitative estimate of drug-likeness (QED) is 0.589. The summed E-state index contributed by atoms with van der Waals surface area (Å²) in [5.74, 6) is -0.984. The molecule has 18 heavy (non-hydrogen) atoms. The number of carboxylic acid groups (broad SMARTS) is 1. The summed E-state index contributed by atoms with van der Waals surface area (Å²) < 4.78 is 0. The van der Waals surface area contributed by atoms with Gasteiger partial charge in [0.05, 0.1) is 0 Å². The molecule has 1 rings (SSSR count). The molecule has 0 atom stereocenters. The monoisotopic (exact) mass is 249 g/mol. The molecule has 0 bridgehead atoms. The van der Waals surface area contributed by atoms with E-state index in [0.717, 1.165) is 0 Å². The topological polar surface area (TPSA) is 74.7 Å². The van der Waals surface area contributed by atoms with Crippen LogP contribution in [0.2, 0.25) is 0 Å². The van der Waals surface area contributed by atoms with Gasteiger partial charge < -0.3 is 10.0 Å². The van der Waals surface area contributed by atoms with Crippen molar-refractivity contribution in [1.82, 2.24) is 0 Å². The van der Waals surface area contributed by atoms with Gasteiger partial charge in [0.25, 0.3) is 0 Å². The highest BCUT2D eigenvalue weighted by Gasteiger charge is 2.07. The maximum Gasteiger partial charge on any atom is 0.303 e. The van der Waals surface area contributed by atoms with E-state index in [1.807, 2.05) is 0 Å². The third kappa shape index (κ3) is 4.01. The lowest BCUT2D eigenvalue weighted by Gasteiger charge is -2.10. The van der Waals surface area contributed by atoms with Crippen LogP contribution in [-0.2, 0) is 9.59 Å². The minimum atomic E-state index is -0.897. The van der Waals surface area contributed by atoms with Crippen LogP contribution in [0.25, 0.3) is 0 Å². The number of carboxylic acids is 1. The molecule has 1 aromatic rings. The SMILES string of the molecule is CN(C=O)c1ccc(C(=O)CCCC(=O)O)cc1. The summed E-state index contributed by atoms with van der Waals surface area (Å²) in [7, 11) is 1.62. The third-order valence-electron chi connectivity index (χ3n) is 2.55. The van der Waals surface area contributed by atoms with Gasteiger partial charge in [0.15, 0.2) is 5.78 Å². The molecule has 0 saturated heterocycles. The second-order valence-electron chi connectivity index (χ2n) is 3.93. The number of hydrogen-bond donors (Lipinski definition) is 1. The summed E-state index contributed by atoms with van der Waals surface area (Å²) in [6.07, 6.45) is 1.24. The fraction of sp³-hybridized carbons (Fsp3) is 0.308. The molecule has 0 heterocycles. The van der Waals surface area contributed by atoms with Crippen LogP contribution in [0, 0.1) is 0 Å². The van der Waals surface area contributed by atoms with E-state index in [1.54, 1.807) is 31.3 Å². The van der Waals surface area contributed by atoms with Gasteiger partial charge in [-0.2, -0.15) is 0 Å². The molecule has 5 heteroatoms. The molecule has 96 valence electrons. The molecule has 0 aliphatic rings. The first kappa shape index (κ1) is 13.9. The van der Waals surface area contributed by atoms with Gasteiger partial charge in [-0.25, -0.2) is 0 Å². The summed E-state index contributed by atoms with van der Waals surface area (Å²) in [6.45, 7) is 0. The molecule has 0 spiro atoms. The Morgan fingerprint density at radius 1 is 1.22 bits per heavy atom. The molecule has 0 aliphatic heterocycles. The molecule has 0 saturated carbocycles. The van der Waals surface area contributed by atoms with Crippen molar-refractivity contribution in [2.45, 2.75) is 19.3 Å². The molecule has 1 N–H and O–H groups in total. The van der Waals surface area contributed by atoms with Crippen molar-refractivity contribution in [3.05, 3.63) is 29.8 Å². The lowest BCUT2D eigenvalue weighted by atomic mass is 10.1. The number of Topliss-reactive ketones (excluding diaryl/α,β-unsaturated/α-hetero) is 1. The van der Waals surface area contributed by atoms with E-state index in [9.17, 15) is 14.4 Å². The molecule has 1 amide bonds. The van der Waals surface area contributed by atoms with Crippen LogP contribution >= 0.6 is 0 Å². The number of nitrogens with zero attached hydrogens (tertiary/aromatic N) is 1. The average Bonchev–Trinajstić information content (AvgIpc) is 2.37. The fourth-order valence-electron chi connectivity index (χ4n) is 1.49. The lowest BCUT2D eigenvalue weighted by Crippen LogP contribution is -2.13. The maximum atomic E-state index is 11.7. The Morgan fingerprint density at radius 2 is 1.83 bits per heavy atom. The molecule has 0 radical (unpaired) electrons. The van der Waals surface area contributed by atoms with E-state index < -0.39 is 5.97 Å². The predicted octanol–water partition coefficient (Wildman–Crippen LogP) is 1.72. The molecule has 5 nitrogen and oxygen atoms in total. The van der Waals surface area contributed by atoms with Gasteiger partial charge in [-0.05, 0) is 30.7 Å². The van der Waals surface area contributed by atoms with Gasteiger partial charge >= 0.3 is 5.97 Å². The summed E-state index contributed by atoms with van der Waals surface area (Å²) in [5.41, 5.74) is 1.23. The number of hydrogen-bond acceptors (Lipinski definition) is 3. The minimum Gasteiger partial charge on any atom is -0.481 e. The van der Waals surface area contributed by atoms with E-state index in [4.69, 9.17) is 5.11 Å². The zero-order valence-corrected chi connectivity index (χ0v) is 10.1. The number of rotatable bonds is 7. The Morgan fingerprint density at radius 3 is 2.33 bits per heavy atom. The summed E-state index contributed by atoms with van der Waals surface area (Å²) >= 11 is 0. The Labute approximate surface area is 105 Å². The summed E-state index contributed by atoms with van der Waals surface area (Å²) in [5, 5.41) is 8.47. The van der Waals surface area contributed by atoms with Gasteiger partial charge in [0.2, 0.25) is 6.41 Å². The van der Waals surface area contributed by atoms with Crippen LogP contribution in [0.3, 0.4) is 0 Å². The van der Waals surface area contributed by atoms with Gasteiger partial charge in [-0.3, -0.25) is 14.4 Å². The first-order valence-corrected chi connectivity index (χ1v) is 5.58. The van der Waals surface area contributed by atoms with Crippen molar-refractivity contribution < 1.29 is 19.5 Å². The average molecular weight is 249 g/mol. The van der Waals surface area contributed by atoms with Crippen molar-refractivity contribution in [1.29, 1.82) is 0 Å². The van der Waals surface area contributed by atoms with Crippen LogP contribution in [0.1, 0.15) is 29.6 Å². The highest BCUT2D eigenvalue weighted by Crippen LogP contribution is 2.14. The zero-order chi connectivity index (χ0) is 13.5. The number of benzene rings is 1. The van der Waals surface area contributed by atoms with E-state index >= 15 is 0 Å². The van der Waals surface area contributed by atoms with Gasteiger partial charge in [0.1, 0.15) is 0 Å². The standard InChI is InChI=1S/C13H15NO4/c1-14(9-15)11-7-5-10(6-8-11)12(16)3-2-4-13(17)18/h5-9H,2-4H2,1H3,(H,17,18). The van der Waals surface area contributed by atoms with Crippen LogP contribution in [-0.4, -0.2) is 30.3 Å². The number of aliphatic carboxylic acids is 1. The van der Waals surface area contributed by atoms with Gasteiger partial charge in [-0.1, -0.05) is 0 Å². The first-order valence-electron chi connectivity index (χ1n) is 5.58. The number of carbonyl (C=O) groups is 3. The zero-order valence-electron chi connectivity index (χ0n) is 10.1. The third-order valence-corrected chi connectivity index (χ3v) is 2.55. The van der Waals surface area contributed by atoms with Gasteiger partial charge in [-0.15, -0.1) is 0 Å². The highest BCUT2D eigenvalue weighted by molar-refractivity contribution is 5.96. The van der Waals surface area contributed by atoms with Crippen molar-refractivity contribution >= 4 is 23.9 Å². The summed E-state index contributed by atoms with van der Waals surface area (Å²) in [6, 6.07) is 6.63. The molecule has 0 unspecified atom stereocenters. The van der Waals surface area contributed by atoms with E-state index in [2.05, 4.69) is 0 Å². The van der Waals surface area contributed by atoms with Crippen LogP contribution in [0.5, 0.6) is 0 Å². The van der Waals surface area contributed by atoms with Crippen molar-refractivity contribution in [3.63, 3.8) is 0 Å². The lowest BCUT2D eigenvalue weighted by molar-refractivity contribution is -0.137. The largest absolute Gasteiger partial charge is 0.481 e. The van der Waals surface area contributed by atoms with Crippen molar-refractivity contribution in [3.8, 4) is 0 Å². The Balaban J connectivity index is 2.59. The fourth-order valence-corrected chi connectivity index (χ4v) is 1.49. The van der Waals surface area contributed by atoms with E-state index in [-0.39, 0.29) is 18.6 Å². The smallest absolute Gasteiger partial charge is 0.303 e. The molecular formula is C13H15NO4. The van der Waals surface area contributed by atoms with E-state index in [1.165, 1.54) is 4.90 Å². The van der Waals surface area contributed by atoms with Gasteiger partial charge in [0, 0.05) is 31.1 Å². The van der Waals surface area contributed by atoms with Crippen LogP contribution < -0.4 is 4.90 Å². The second-order valence-corrected chi connectivity index (χ2v) is 3.93. The van der Waals surface area contributed by atoms with Crippen molar-refractivity contribution in [2.75, 3.05) is 11.9 Å². The Hall–Kier alpha value is -2.17. The summed E-state index contributed by atoms with van der Waals surface area (Å²) in [4.78, 5) is 34.0. The van der Waals surface area contributed by atoms with Crippen LogP contribution in [0.4, 0.5) is 5.69 Å². The molecule has 0 aromatic heterocycles. The first-order chi connectivity index (χ1) is 8.54.